The van der Waals surface area contributed by atoms with Gasteiger partial charge in [0.05, 0.1) is 0 Å². The number of carbonyl (C=O) groups is 1. The van der Waals surface area contributed by atoms with E-state index in [0.29, 0.717) is 12.5 Å². The van der Waals surface area contributed by atoms with Gasteiger partial charge in [-0.05, 0) is 30.0 Å². The highest BCUT2D eigenvalue weighted by molar-refractivity contribution is 5.94. The van der Waals surface area contributed by atoms with Gasteiger partial charge < -0.3 is 10.6 Å². The third-order valence-electron chi connectivity index (χ3n) is 3.12. The average molecular weight is 218 g/mol. The van der Waals surface area contributed by atoms with E-state index in [0.717, 1.165) is 30.6 Å². The Bertz CT molecular complexity index is 389. The molecule has 1 aromatic carbocycles. The Morgan fingerprint density at radius 2 is 2.38 bits per heavy atom. The summed E-state index contributed by atoms with van der Waals surface area (Å²) in [6, 6.07) is 7.61. The minimum Gasteiger partial charge on any atom is -0.338 e. The van der Waals surface area contributed by atoms with E-state index in [4.69, 9.17) is 5.73 Å². The number of hydrogen-bond acceptors (Lipinski definition) is 2. The van der Waals surface area contributed by atoms with Crippen LogP contribution in [0.3, 0.4) is 0 Å². The molecule has 0 aliphatic carbocycles. The minimum atomic E-state index is 0.139. The fraction of sp³-hybridized carbons (Fsp3) is 0.462. The van der Waals surface area contributed by atoms with Gasteiger partial charge in [-0.1, -0.05) is 19.1 Å². The Labute approximate surface area is 96.2 Å². The molecule has 0 spiro atoms. The number of amides is 1. The summed E-state index contributed by atoms with van der Waals surface area (Å²) >= 11 is 0. The summed E-state index contributed by atoms with van der Waals surface area (Å²) in [6.07, 6.45) is 1.11. The van der Waals surface area contributed by atoms with Crippen LogP contribution in [-0.4, -0.2) is 23.9 Å². The van der Waals surface area contributed by atoms with Gasteiger partial charge in [0, 0.05) is 25.2 Å². The van der Waals surface area contributed by atoms with Crippen LogP contribution in [0.15, 0.2) is 24.3 Å². The molecule has 1 heterocycles. The standard InChI is InChI=1S/C13H18N2O/c1-10-5-6-15(9-10)13(16)12-4-2-3-11(7-12)8-14/h2-4,7,10H,5-6,8-9,14H2,1H3. The Morgan fingerprint density at radius 3 is 3.00 bits per heavy atom. The van der Waals surface area contributed by atoms with Gasteiger partial charge in [0.15, 0.2) is 0 Å². The van der Waals surface area contributed by atoms with Gasteiger partial charge in [0.2, 0.25) is 0 Å². The third kappa shape index (κ3) is 2.25. The van der Waals surface area contributed by atoms with Gasteiger partial charge in [-0.25, -0.2) is 0 Å². The molecule has 1 aliphatic heterocycles. The van der Waals surface area contributed by atoms with Crippen molar-refractivity contribution in [2.24, 2.45) is 11.7 Å². The fourth-order valence-electron chi connectivity index (χ4n) is 2.13. The molecule has 0 saturated carbocycles. The number of benzene rings is 1. The Balaban J connectivity index is 2.14. The van der Waals surface area contributed by atoms with Crippen molar-refractivity contribution < 1.29 is 4.79 Å². The molecule has 1 fully saturated rings. The maximum atomic E-state index is 12.1. The second-order valence-corrected chi connectivity index (χ2v) is 4.55. The topological polar surface area (TPSA) is 46.3 Å². The van der Waals surface area contributed by atoms with Crippen LogP contribution in [0.2, 0.25) is 0 Å². The van der Waals surface area contributed by atoms with Gasteiger partial charge >= 0.3 is 0 Å². The zero-order chi connectivity index (χ0) is 11.5. The lowest BCUT2D eigenvalue weighted by Crippen LogP contribution is -2.28. The minimum absolute atomic E-state index is 0.139. The maximum Gasteiger partial charge on any atom is 0.253 e. The number of rotatable bonds is 2. The monoisotopic (exact) mass is 218 g/mol. The van der Waals surface area contributed by atoms with Crippen molar-refractivity contribution in [3.63, 3.8) is 0 Å². The quantitative estimate of drug-likeness (QED) is 0.820. The first-order valence-electron chi connectivity index (χ1n) is 5.79. The molecule has 86 valence electrons. The summed E-state index contributed by atoms with van der Waals surface area (Å²) in [6.45, 7) is 4.43. The SMILES string of the molecule is CC1CCN(C(=O)c2cccc(CN)c2)C1. The van der Waals surface area contributed by atoms with E-state index in [1.807, 2.05) is 29.2 Å². The molecule has 3 nitrogen and oxygen atoms in total. The second-order valence-electron chi connectivity index (χ2n) is 4.55. The first-order valence-corrected chi connectivity index (χ1v) is 5.79. The molecule has 0 bridgehead atoms. The summed E-state index contributed by atoms with van der Waals surface area (Å²) in [5, 5.41) is 0. The van der Waals surface area contributed by atoms with Crippen LogP contribution in [0, 0.1) is 5.92 Å². The Morgan fingerprint density at radius 1 is 1.56 bits per heavy atom. The molecule has 1 saturated heterocycles. The van der Waals surface area contributed by atoms with Gasteiger partial charge in [-0.15, -0.1) is 0 Å². The first-order chi connectivity index (χ1) is 7.70. The average Bonchev–Trinajstić information content (AvgIpc) is 2.75. The second kappa shape index (κ2) is 4.66. The molecular weight excluding hydrogens is 200 g/mol. The number of likely N-dealkylation sites (tertiary alicyclic amines) is 1. The van der Waals surface area contributed by atoms with Gasteiger partial charge in [0.25, 0.3) is 5.91 Å². The van der Waals surface area contributed by atoms with Crippen LogP contribution >= 0.6 is 0 Å². The molecule has 1 aromatic rings. The lowest BCUT2D eigenvalue weighted by Gasteiger charge is -2.16. The largest absolute Gasteiger partial charge is 0.338 e. The van der Waals surface area contributed by atoms with E-state index in [1.165, 1.54) is 0 Å². The molecule has 1 unspecified atom stereocenters. The normalized spacial score (nSPS) is 20.1. The highest BCUT2D eigenvalue weighted by Crippen LogP contribution is 2.18. The molecule has 1 atom stereocenters. The highest BCUT2D eigenvalue weighted by Gasteiger charge is 2.23. The zero-order valence-corrected chi connectivity index (χ0v) is 9.65. The van der Waals surface area contributed by atoms with Crippen molar-refractivity contribution >= 4 is 5.91 Å². The number of nitrogens with zero attached hydrogens (tertiary/aromatic N) is 1. The predicted molar refractivity (Wildman–Crippen MR) is 64.0 cm³/mol. The highest BCUT2D eigenvalue weighted by atomic mass is 16.2. The van der Waals surface area contributed by atoms with Crippen molar-refractivity contribution in [1.29, 1.82) is 0 Å². The van der Waals surface area contributed by atoms with Crippen LogP contribution in [0.5, 0.6) is 0 Å². The van der Waals surface area contributed by atoms with Gasteiger partial charge in [0.1, 0.15) is 0 Å². The van der Waals surface area contributed by atoms with Crippen LogP contribution < -0.4 is 5.73 Å². The summed E-state index contributed by atoms with van der Waals surface area (Å²) in [7, 11) is 0. The van der Waals surface area contributed by atoms with Gasteiger partial charge in [-0.2, -0.15) is 0 Å². The van der Waals surface area contributed by atoms with E-state index in [9.17, 15) is 4.79 Å². The van der Waals surface area contributed by atoms with Gasteiger partial charge in [-0.3, -0.25) is 4.79 Å². The lowest BCUT2D eigenvalue weighted by atomic mass is 10.1. The number of hydrogen-bond donors (Lipinski definition) is 1. The molecule has 3 heteroatoms. The summed E-state index contributed by atoms with van der Waals surface area (Å²) in [4.78, 5) is 14.1. The molecule has 0 aromatic heterocycles. The first kappa shape index (κ1) is 11.1. The third-order valence-corrected chi connectivity index (χ3v) is 3.12. The summed E-state index contributed by atoms with van der Waals surface area (Å²) in [5.74, 6) is 0.765. The summed E-state index contributed by atoms with van der Waals surface area (Å²) < 4.78 is 0. The molecule has 2 rings (SSSR count). The van der Waals surface area contributed by atoms with E-state index in [1.54, 1.807) is 0 Å². The van der Waals surface area contributed by atoms with Crippen molar-refractivity contribution in [3.8, 4) is 0 Å². The fourth-order valence-corrected chi connectivity index (χ4v) is 2.13. The molecule has 16 heavy (non-hydrogen) atoms. The van der Waals surface area contributed by atoms with Crippen LogP contribution in [0.1, 0.15) is 29.3 Å². The maximum absolute atomic E-state index is 12.1. The number of nitrogens with two attached hydrogens (primary N) is 1. The van der Waals surface area contributed by atoms with Crippen molar-refractivity contribution in [2.45, 2.75) is 19.9 Å². The van der Waals surface area contributed by atoms with Crippen LogP contribution in [0.25, 0.3) is 0 Å². The van der Waals surface area contributed by atoms with Crippen LogP contribution in [0.4, 0.5) is 0 Å². The van der Waals surface area contributed by atoms with E-state index in [-0.39, 0.29) is 5.91 Å². The predicted octanol–water partition coefficient (Wildman–Crippen LogP) is 1.63. The zero-order valence-electron chi connectivity index (χ0n) is 9.65. The lowest BCUT2D eigenvalue weighted by molar-refractivity contribution is 0.0788. The Kier molecular flexibility index (Phi) is 3.25. The molecule has 1 amide bonds. The number of carbonyl (C=O) groups excluding carboxylic acids is 1. The van der Waals surface area contributed by atoms with E-state index < -0.39 is 0 Å². The van der Waals surface area contributed by atoms with Crippen molar-refractivity contribution in [3.05, 3.63) is 35.4 Å². The summed E-state index contributed by atoms with van der Waals surface area (Å²) in [5.41, 5.74) is 7.34. The van der Waals surface area contributed by atoms with Crippen molar-refractivity contribution in [1.82, 2.24) is 4.90 Å². The molecule has 2 N–H and O–H groups in total. The molecule has 1 aliphatic rings. The van der Waals surface area contributed by atoms with Crippen LogP contribution in [-0.2, 0) is 6.54 Å². The van der Waals surface area contributed by atoms with E-state index >= 15 is 0 Å². The Hall–Kier alpha value is -1.35. The molecular formula is C13H18N2O. The van der Waals surface area contributed by atoms with E-state index in [2.05, 4.69) is 6.92 Å². The molecule has 0 radical (unpaired) electrons. The smallest absolute Gasteiger partial charge is 0.253 e. The van der Waals surface area contributed by atoms with Crippen molar-refractivity contribution in [2.75, 3.05) is 13.1 Å².